The third kappa shape index (κ3) is 3.10. The van der Waals surface area contributed by atoms with Crippen LogP contribution in [0.25, 0.3) is 5.69 Å². The second kappa shape index (κ2) is 6.70. The maximum atomic E-state index is 13.2. The molecule has 1 aliphatic carbocycles. The highest BCUT2D eigenvalue weighted by Crippen LogP contribution is 2.28. The van der Waals surface area contributed by atoms with Gasteiger partial charge in [-0.1, -0.05) is 0 Å². The van der Waals surface area contributed by atoms with Crippen LogP contribution >= 0.6 is 0 Å². The van der Waals surface area contributed by atoms with Crippen LogP contribution in [0.3, 0.4) is 0 Å². The number of rotatable bonds is 4. The third-order valence-corrected chi connectivity index (χ3v) is 4.56. The summed E-state index contributed by atoms with van der Waals surface area (Å²) in [5.41, 5.74) is 6.13. The van der Waals surface area contributed by atoms with Gasteiger partial charge in [0.05, 0.1) is 5.69 Å². The summed E-state index contributed by atoms with van der Waals surface area (Å²) in [7, 11) is 0. The van der Waals surface area contributed by atoms with Crippen molar-refractivity contribution in [3.63, 3.8) is 0 Å². The minimum atomic E-state index is -0.548. The van der Waals surface area contributed by atoms with Crippen LogP contribution in [0.5, 0.6) is 0 Å². The largest absolute Gasteiger partial charge is 0.455 e. The smallest absolute Gasteiger partial charge is 0.354 e. The SMILES string of the molecule is O=C1CCC(C(=O)OCc2nn(-c3ccc(F)cc3)c3c2CCC3)=NN1. The number of esters is 1. The van der Waals surface area contributed by atoms with E-state index in [1.807, 2.05) is 0 Å². The molecule has 1 aromatic heterocycles. The second-order valence-corrected chi connectivity index (χ2v) is 6.28. The number of benzene rings is 1. The molecule has 26 heavy (non-hydrogen) atoms. The topological polar surface area (TPSA) is 85.6 Å². The molecule has 7 nitrogen and oxygen atoms in total. The highest BCUT2D eigenvalue weighted by Gasteiger charge is 2.25. The lowest BCUT2D eigenvalue weighted by molar-refractivity contribution is -0.137. The zero-order chi connectivity index (χ0) is 18.1. The molecule has 0 bridgehead atoms. The van der Waals surface area contributed by atoms with E-state index < -0.39 is 5.97 Å². The van der Waals surface area contributed by atoms with E-state index in [0.29, 0.717) is 5.69 Å². The third-order valence-electron chi connectivity index (χ3n) is 4.56. The summed E-state index contributed by atoms with van der Waals surface area (Å²) in [6, 6.07) is 6.15. The van der Waals surface area contributed by atoms with E-state index in [0.717, 1.165) is 36.2 Å². The summed E-state index contributed by atoms with van der Waals surface area (Å²) in [5.74, 6) is -1.06. The minimum Gasteiger partial charge on any atom is -0.455 e. The number of nitrogens with one attached hydrogen (secondary N) is 1. The van der Waals surface area contributed by atoms with E-state index in [4.69, 9.17) is 4.74 Å². The Morgan fingerprint density at radius 3 is 2.73 bits per heavy atom. The number of carbonyl (C=O) groups is 2. The van der Waals surface area contributed by atoms with Crippen molar-refractivity contribution in [1.29, 1.82) is 0 Å². The molecule has 0 saturated heterocycles. The maximum Gasteiger partial charge on any atom is 0.354 e. The van der Waals surface area contributed by atoms with Crippen LogP contribution in [0, 0.1) is 5.82 Å². The predicted octanol–water partition coefficient (Wildman–Crippen LogP) is 1.81. The first-order valence-corrected chi connectivity index (χ1v) is 8.50. The van der Waals surface area contributed by atoms with Crippen LogP contribution in [-0.2, 0) is 33.8 Å². The Hall–Kier alpha value is -3.03. The molecule has 0 radical (unpaired) electrons. The van der Waals surface area contributed by atoms with Gasteiger partial charge in [0.2, 0.25) is 5.91 Å². The fourth-order valence-electron chi connectivity index (χ4n) is 3.26. The summed E-state index contributed by atoms with van der Waals surface area (Å²) >= 11 is 0. The van der Waals surface area contributed by atoms with Gasteiger partial charge in [-0.2, -0.15) is 10.2 Å². The zero-order valence-electron chi connectivity index (χ0n) is 14.0. The molecule has 1 amide bonds. The average molecular weight is 356 g/mol. The summed E-state index contributed by atoms with van der Waals surface area (Å²) in [6.07, 6.45) is 3.26. The van der Waals surface area contributed by atoms with Crippen molar-refractivity contribution in [1.82, 2.24) is 15.2 Å². The fourth-order valence-corrected chi connectivity index (χ4v) is 3.26. The Balaban J connectivity index is 1.52. The van der Waals surface area contributed by atoms with Crippen LogP contribution < -0.4 is 5.43 Å². The van der Waals surface area contributed by atoms with Crippen LogP contribution in [0.1, 0.15) is 36.2 Å². The minimum absolute atomic E-state index is 0.0440. The lowest BCUT2D eigenvalue weighted by Gasteiger charge is -2.11. The van der Waals surface area contributed by atoms with Gasteiger partial charge in [0.15, 0.2) is 0 Å². The van der Waals surface area contributed by atoms with Crippen LogP contribution in [0.4, 0.5) is 4.39 Å². The second-order valence-electron chi connectivity index (χ2n) is 6.28. The van der Waals surface area contributed by atoms with Crippen molar-refractivity contribution >= 4 is 17.6 Å². The molecule has 134 valence electrons. The number of halogens is 1. The molecule has 2 aliphatic rings. The molecule has 8 heteroatoms. The molecule has 4 rings (SSSR count). The summed E-state index contributed by atoms with van der Waals surface area (Å²) < 4.78 is 20.3. The predicted molar refractivity (Wildman–Crippen MR) is 90.2 cm³/mol. The van der Waals surface area contributed by atoms with Crippen molar-refractivity contribution < 1.29 is 18.7 Å². The van der Waals surface area contributed by atoms with Gasteiger partial charge in [0.25, 0.3) is 0 Å². The number of hydrogen-bond acceptors (Lipinski definition) is 5. The first-order valence-electron chi connectivity index (χ1n) is 8.50. The number of fused-ring (bicyclic) bond motifs is 1. The van der Waals surface area contributed by atoms with Crippen molar-refractivity contribution in [3.8, 4) is 5.69 Å². The van der Waals surface area contributed by atoms with Crippen molar-refractivity contribution in [2.75, 3.05) is 0 Å². The van der Waals surface area contributed by atoms with E-state index in [-0.39, 0.29) is 36.9 Å². The van der Waals surface area contributed by atoms with Crippen molar-refractivity contribution in [2.45, 2.75) is 38.7 Å². The fraction of sp³-hybridized carbons (Fsp3) is 0.333. The summed E-state index contributed by atoms with van der Waals surface area (Å²) in [4.78, 5) is 23.2. The van der Waals surface area contributed by atoms with Gasteiger partial charge in [-0.3, -0.25) is 4.79 Å². The monoisotopic (exact) mass is 356 g/mol. The van der Waals surface area contributed by atoms with Gasteiger partial charge < -0.3 is 4.74 Å². The molecule has 2 heterocycles. The average Bonchev–Trinajstić information content (AvgIpc) is 3.24. The standard InChI is InChI=1S/C18H17FN4O3/c19-11-4-6-12(7-5-11)23-16-3-1-2-13(16)15(22-23)10-26-18(25)14-8-9-17(24)21-20-14/h4-7H,1-3,8-10H2,(H,21,24). The van der Waals surface area contributed by atoms with Crippen molar-refractivity contribution in [3.05, 3.63) is 47.0 Å². The lowest BCUT2D eigenvalue weighted by Crippen LogP contribution is -2.30. The van der Waals surface area contributed by atoms with Gasteiger partial charge in [-0.25, -0.2) is 19.3 Å². The van der Waals surface area contributed by atoms with E-state index >= 15 is 0 Å². The van der Waals surface area contributed by atoms with Crippen LogP contribution in [0.2, 0.25) is 0 Å². The quantitative estimate of drug-likeness (QED) is 0.847. The first kappa shape index (κ1) is 16.4. The number of ether oxygens (including phenoxy) is 1. The van der Waals surface area contributed by atoms with Gasteiger partial charge in [0, 0.05) is 24.1 Å². The molecule has 0 spiro atoms. The summed E-state index contributed by atoms with van der Waals surface area (Å²) in [6.45, 7) is 0.0440. The Morgan fingerprint density at radius 1 is 1.19 bits per heavy atom. The Bertz CT molecular complexity index is 902. The lowest BCUT2D eigenvalue weighted by atomic mass is 10.2. The zero-order valence-corrected chi connectivity index (χ0v) is 14.0. The molecule has 2 aromatic rings. The van der Waals surface area contributed by atoms with E-state index in [9.17, 15) is 14.0 Å². The van der Waals surface area contributed by atoms with E-state index in [2.05, 4.69) is 15.6 Å². The molecular formula is C18H17FN4O3. The van der Waals surface area contributed by atoms with Gasteiger partial charge >= 0.3 is 5.97 Å². The normalized spacial score (nSPS) is 16.0. The molecule has 1 N–H and O–H groups in total. The number of amides is 1. The number of hydrogen-bond donors (Lipinski definition) is 1. The molecular weight excluding hydrogens is 339 g/mol. The molecule has 1 aromatic carbocycles. The maximum absolute atomic E-state index is 13.2. The molecule has 0 saturated carbocycles. The number of carbonyl (C=O) groups excluding carboxylic acids is 2. The van der Waals surface area contributed by atoms with E-state index in [1.54, 1.807) is 16.8 Å². The Labute approximate surface area is 148 Å². The van der Waals surface area contributed by atoms with Gasteiger partial charge in [-0.05, 0) is 43.5 Å². The molecule has 0 fully saturated rings. The number of aromatic nitrogens is 2. The van der Waals surface area contributed by atoms with E-state index in [1.165, 1.54) is 12.1 Å². The molecule has 1 aliphatic heterocycles. The van der Waals surface area contributed by atoms with Gasteiger partial charge in [0.1, 0.15) is 23.8 Å². The van der Waals surface area contributed by atoms with Crippen LogP contribution in [-0.4, -0.2) is 27.4 Å². The van der Waals surface area contributed by atoms with Crippen LogP contribution in [0.15, 0.2) is 29.4 Å². The van der Waals surface area contributed by atoms with Crippen molar-refractivity contribution in [2.24, 2.45) is 5.10 Å². The highest BCUT2D eigenvalue weighted by atomic mass is 19.1. The highest BCUT2D eigenvalue weighted by molar-refractivity contribution is 6.37. The number of nitrogens with zero attached hydrogens (tertiary/aromatic N) is 3. The molecule has 0 atom stereocenters. The first-order chi connectivity index (χ1) is 12.6. The molecule has 0 unspecified atom stereocenters. The Kier molecular flexibility index (Phi) is 4.24. The summed E-state index contributed by atoms with van der Waals surface area (Å²) in [5, 5.41) is 8.31. The number of hydrazone groups is 1. The van der Waals surface area contributed by atoms with Gasteiger partial charge in [-0.15, -0.1) is 0 Å². The Morgan fingerprint density at radius 2 is 2.00 bits per heavy atom.